The predicted octanol–water partition coefficient (Wildman–Crippen LogP) is 2.22. The smallest absolute Gasteiger partial charge is 0.334 e. The topological polar surface area (TPSA) is 45.3 Å². The molecule has 0 fully saturated rings. The second-order valence-corrected chi connectivity index (χ2v) is 5.98. The fraction of sp³-hybridized carbons (Fsp3) is 0.353. The molecule has 0 saturated heterocycles. The Hall–Kier alpha value is -2.07. The molecule has 0 amide bonds. The van der Waals surface area contributed by atoms with Crippen molar-refractivity contribution in [3.63, 3.8) is 0 Å². The van der Waals surface area contributed by atoms with Gasteiger partial charge in [0.2, 0.25) is 0 Å². The minimum atomic E-state index is -0.215. The zero-order valence-electron chi connectivity index (χ0n) is 12.2. The van der Waals surface area contributed by atoms with Crippen LogP contribution in [0, 0.1) is 0 Å². The highest BCUT2D eigenvalue weighted by molar-refractivity contribution is 5.91. The predicted molar refractivity (Wildman–Crippen MR) is 81.3 cm³/mol. The van der Waals surface area contributed by atoms with E-state index in [0.717, 1.165) is 12.0 Å². The molecule has 0 saturated carbocycles. The summed E-state index contributed by atoms with van der Waals surface area (Å²) < 4.78 is 4.91. The molecule has 1 N–H and O–H groups in total. The molecule has 108 valence electrons. The van der Waals surface area contributed by atoms with E-state index >= 15 is 0 Å². The van der Waals surface area contributed by atoms with Gasteiger partial charge in [-0.25, -0.2) is 4.79 Å². The van der Waals surface area contributed by atoms with Crippen molar-refractivity contribution in [2.24, 2.45) is 0 Å². The van der Waals surface area contributed by atoms with Crippen LogP contribution < -0.4 is 0 Å². The second kappa shape index (κ2) is 4.46. The van der Waals surface area contributed by atoms with Gasteiger partial charge in [0.1, 0.15) is 0 Å². The number of fused-ring (bicyclic) bond motifs is 2. The number of hydrogen-bond donors (Lipinski definition) is 1. The normalized spacial score (nSPS) is 24.6. The number of aromatic amines is 1. The molecule has 4 rings (SSSR count). The number of ether oxygens (including phenoxy) is 1. The van der Waals surface area contributed by atoms with Gasteiger partial charge in [-0.15, -0.1) is 0 Å². The Morgan fingerprint density at radius 2 is 2.29 bits per heavy atom. The lowest BCUT2D eigenvalue weighted by atomic mass is 9.76. The molecule has 21 heavy (non-hydrogen) atoms. The molecular weight excluding hydrogens is 264 g/mol. The fourth-order valence-electron chi connectivity index (χ4n) is 3.83. The van der Waals surface area contributed by atoms with Crippen LogP contribution in [0.25, 0.3) is 10.9 Å². The highest BCUT2D eigenvalue weighted by Crippen LogP contribution is 2.41. The summed E-state index contributed by atoms with van der Waals surface area (Å²) in [5.41, 5.74) is 4.64. The third kappa shape index (κ3) is 1.75. The van der Waals surface area contributed by atoms with E-state index in [1.54, 1.807) is 0 Å². The minimum Gasteiger partial charge on any atom is -0.466 e. The number of carbonyl (C=O) groups is 1. The lowest BCUT2D eigenvalue weighted by molar-refractivity contribution is -0.136. The Morgan fingerprint density at radius 3 is 3.10 bits per heavy atom. The van der Waals surface area contributed by atoms with E-state index in [-0.39, 0.29) is 11.9 Å². The van der Waals surface area contributed by atoms with E-state index < -0.39 is 0 Å². The number of benzene rings is 1. The van der Waals surface area contributed by atoms with Gasteiger partial charge < -0.3 is 9.72 Å². The van der Waals surface area contributed by atoms with E-state index in [1.807, 2.05) is 0 Å². The van der Waals surface area contributed by atoms with E-state index in [2.05, 4.69) is 47.4 Å². The van der Waals surface area contributed by atoms with E-state index in [1.165, 1.54) is 29.1 Å². The van der Waals surface area contributed by atoms with Crippen molar-refractivity contribution in [2.45, 2.75) is 18.4 Å². The van der Waals surface area contributed by atoms with Gasteiger partial charge in [-0.1, -0.05) is 18.2 Å². The van der Waals surface area contributed by atoms with Crippen molar-refractivity contribution in [1.82, 2.24) is 9.88 Å². The van der Waals surface area contributed by atoms with Gasteiger partial charge in [0, 0.05) is 41.2 Å². The van der Waals surface area contributed by atoms with Gasteiger partial charge in [-0.2, -0.15) is 0 Å². The number of nitrogens with zero attached hydrogens (tertiary/aromatic N) is 1. The average Bonchev–Trinajstić information content (AvgIpc) is 2.92. The number of nitrogens with one attached hydrogen (secondary N) is 1. The van der Waals surface area contributed by atoms with Crippen LogP contribution in [-0.2, 0) is 16.0 Å². The molecule has 1 aliphatic heterocycles. The molecule has 1 aliphatic carbocycles. The van der Waals surface area contributed by atoms with Crippen LogP contribution >= 0.6 is 0 Å². The van der Waals surface area contributed by atoms with Crippen molar-refractivity contribution in [3.05, 3.63) is 47.2 Å². The van der Waals surface area contributed by atoms with Crippen LogP contribution in [-0.4, -0.2) is 42.6 Å². The van der Waals surface area contributed by atoms with Crippen LogP contribution in [0.1, 0.15) is 17.0 Å². The molecule has 2 atom stereocenters. The number of hydrogen-bond acceptors (Lipinski definition) is 3. The first kappa shape index (κ1) is 12.7. The highest BCUT2D eigenvalue weighted by Gasteiger charge is 2.37. The molecule has 2 aromatic rings. The summed E-state index contributed by atoms with van der Waals surface area (Å²) in [5, 5.41) is 1.33. The molecule has 4 nitrogen and oxygen atoms in total. The van der Waals surface area contributed by atoms with Gasteiger partial charge in [-0.05, 0) is 30.7 Å². The van der Waals surface area contributed by atoms with E-state index in [0.29, 0.717) is 12.6 Å². The molecule has 2 heterocycles. The van der Waals surface area contributed by atoms with E-state index in [4.69, 9.17) is 4.74 Å². The summed E-state index contributed by atoms with van der Waals surface area (Å²) >= 11 is 0. The van der Waals surface area contributed by atoms with Crippen molar-refractivity contribution in [3.8, 4) is 0 Å². The van der Waals surface area contributed by atoms with Gasteiger partial charge in [0.15, 0.2) is 0 Å². The number of likely N-dealkylation sites (N-methyl/N-ethyl adjacent to an activating group) is 1. The van der Waals surface area contributed by atoms with Crippen LogP contribution in [0.2, 0.25) is 0 Å². The molecule has 0 radical (unpaired) electrons. The van der Waals surface area contributed by atoms with Crippen molar-refractivity contribution in [1.29, 1.82) is 0 Å². The minimum absolute atomic E-state index is 0.215. The quantitative estimate of drug-likeness (QED) is 0.816. The maximum atomic E-state index is 11.9. The number of methoxy groups -OCH3 is 1. The number of esters is 1. The average molecular weight is 282 g/mol. The SMILES string of the molecule is COC(=O)C1=C[C@H]2c3cccc4[nH]cc(c34)C[C@H]2N(C)C1. The molecule has 1 aromatic heterocycles. The first-order valence-electron chi connectivity index (χ1n) is 7.27. The molecule has 0 bridgehead atoms. The first-order chi connectivity index (χ1) is 10.2. The Kier molecular flexibility index (Phi) is 2.69. The zero-order chi connectivity index (χ0) is 14.6. The van der Waals surface area contributed by atoms with Crippen molar-refractivity contribution in [2.75, 3.05) is 20.7 Å². The molecular formula is C17H18N2O2. The summed E-state index contributed by atoms with van der Waals surface area (Å²) in [6.07, 6.45) is 5.25. The number of rotatable bonds is 1. The Labute approximate surface area is 123 Å². The van der Waals surface area contributed by atoms with Gasteiger partial charge in [0.25, 0.3) is 0 Å². The monoisotopic (exact) mass is 282 g/mol. The van der Waals surface area contributed by atoms with Crippen LogP contribution in [0.5, 0.6) is 0 Å². The Balaban J connectivity index is 1.90. The van der Waals surface area contributed by atoms with Crippen LogP contribution in [0.15, 0.2) is 36.0 Å². The first-order valence-corrected chi connectivity index (χ1v) is 7.27. The molecule has 1 aromatic carbocycles. The van der Waals surface area contributed by atoms with Gasteiger partial charge >= 0.3 is 5.97 Å². The summed E-state index contributed by atoms with van der Waals surface area (Å²) in [4.78, 5) is 17.5. The highest BCUT2D eigenvalue weighted by atomic mass is 16.5. The van der Waals surface area contributed by atoms with Crippen molar-refractivity contribution >= 4 is 16.9 Å². The largest absolute Gasteiger partial charge is 0.466 e. The summed E-state index contributed by atoms with van der Waals surface area (Å²) in [7, 11) is 3.53. The Morgan fingerprint density at radius 1 is 1.43 bits per heavy atom. The second-order valence-electron chi connectivity index (χ2n) is 5.98. The maximum absolute atomic E-state index is 11.9. The van der Waals surface area contributed by atoms with Gasteiger partial charge in [0.05, 0.1) is 7.11 Å². The molecule has 0 unspecified atom stereocenters. The Bertz CT molecular complexity index is 759. The van der Waals surface area contributed by atoms with E-state index in [9.17, 15) is 4.79 Å². The van der Waals surface area contributed by atoms with Crippen molar-refractivity contribution < 1.29 is 9.53 Å². The van der Waals surface area contributed by atoms with Gasteiger partial charge in [-0.3, -0.25) is 4.90 Å². The number of carbonyl (C=O) groups excluding carboxylic acids is 1. The zero-order valence-corrected chi connectivity index (χ0v) is 12.2. The number of aromatic nitrogens is 1. The number of H-pyrrole nitrogens is 1. The third-order valence-corrected chi connectivity index (χ3v) is 4.84. The maximum Gasteiger partial charge on any atom is 0.334 e. The molecule has 0 spiro atoms. The summed E-state index contributed by atoms with van der Waals surface area (Å²) in [5.74, 6) is 0.0391. The summed E-state index contributed by atoms with van der Waals surface area (Å²) in [6.45, 7) is 0.656. The third-order valence-electron chi connectivity index (χ3n) is 4.84. The van der Waals surface area contributed by atoms with Crippen LogP contribution in [0.4, 0.5) is 0 Å². The fourth-order valence-corrected chi connectivity index (χ4v) is 3.83. The lowest BCUT2D eigenvalue weighted by Gasteiger charge is -2.40. The molecule has 2 aliphatic rings. The standard InChI is InChI=1S/C17H18N2O2/c1-19-9-11(17(20)21-2)6-13-12-4-3-5-14-16(12)10(8-18-14)7-15(13)19/h3-6,8,13,15,18H,7,9H2,1-2H3/t13-,15+/m0/s1. The van der Waals surface area contributed by atoms with Crippen LogP contribution in [0.3, 0.4) is 0 Å². The lowest BCUT2D eigenvalue weighted by Crippen LogP contribution is -2.44. The molecule has 4 heteroatoms. The summed E-state index contributed by atoms with van der Waals surface area (Å²) in [6, 6.07) is 6.79.